The van der Waals surface area contributed by atoms with Gasteiger partial charge in [-0.15, -0.1) is 0 Å². The van der Waals surface area contributed by atoms with Crippen LogP contribution < -0.4 is 10.1 Å². The Balaban J connectivity index is 2.03. The number of rotatable bonds is 6. The summed E-state index contributed by atoms with van der Waals surface area (Å²) >= 11 is 6.28. The summed E-state index contributed by atoms with van der Waals surface area (Å²) in [5, 5.41) is 4.08. The maximum absolute atomic E-state index is 6.28. The third kappa shape index (κ3) is 4.26. The molecule has 0 aliphatic heterocycles. The van der Waals surface area contributed by atoms with Crippen molar-refractivity contribution in [2.24, 2.45) is 0 Å². The normalized spacial score (nSPS) is 10.6. The summed E-state index contributed by atoms with van der Waals surface area (Å²) in [5.41, 5.74) is 2.31. The number of ether oxygens (including phenoxy) is 1. The zero-order chi connectivity index (χ0) is 14.4. The van der Waals surface area contributed by atoms with E-state index in [-0.39, 0.29) is 0 Å². The van der Waals surface area contributed by atoms with Crippen molar-refractivity contribution in [2.75, 3.05) is 6.54 Å². The van der Waals surface area contributed by atoms with Crippen LogP contribution in [0.1, 0.15) is 24.5 Å². The predicted molar refractivity (Wildman–Crippen MR) is 84.7 cm³/mol. The van der Waals surface area contributed by atoms with Gasteiger partial charge in [-0.05, 0) is 49.7 Å². The van der Waals surface area contributed by atoms with Crippen LogP contribution in [0.5, 0.6) is 11.5 Å². The van der Waals surface area contributed by atoms with Crippen molar-refractivity contribution in [3.63, 3.8) is 0 Å². The van der Waals surface area contributed by atoms with Crippen LogP contribution in [0, 0.1) is 6.92 Å². The Kier molecular flexibility index (Phi) is 5.45. The molecule has 0 aromatic heterocycles. The van der Waals surface area contributed by atoms with Crippen LogP contribution in [-0.4, -0.2) is 6.54 Å². The lowest BCUT2D eigenvalue weighted by atomic mass is 10.2. The third-order valence-corrected chi connectivity index (χ3v) is 3.38. The van der Waals surface area contributed by atoms with Gasteiger partial charge in [0.2, 0.25) is 0 Å². The summed E-state index contributed by atoms with van der Waals surface area (Å²) in [7, 11) is 0. The summed E-state index contributed by atoms with van der Waals surface area (Å²) in [6.07, 6.45) is 1.12. The van der Waals surface area contributed by atoms with Gasteiger partial charge in [0.15, 0.2) is 0 Å². The standard InChI is InChI=1S/C17H20ClNO/c1-3-10-19-12-14-6-9-16(11-17(14)18)20-15-7-4-13(2)5-8-15/h4-9,11,19H,3,10,12H2,1-2H3. The van der Waals surface area contributed by atoms with Gasteiger partial charge in [0.1, 0.15) is 11.5 Å². The Bertz CT molecular complexity index is 551. The number of hydrogen-bond donors (Lipinski definition) is 1. The van der Waals surface area contributed by atoms with E-state index >= 15 is 0 Å². The second kappa shape index (κ2) is 7.32. The third-order valence-electron chi connectivity index (χ3n) is 3.02. The first-order valence-corrected chi connectivity index (χ1v) is 7.30. The van der Waals surface area contributed by atoms with Gasteiger partial charge in [-0.3, -0.25) is 0 Å². The van der Waals surface area contributed by atoms with E-state index in [1.165, 1.54) is 5.56 Å². The van der Waals surface area contributed by atoms with Gasteiger partial charge in [0.25, 0.3) is 0 Å². The summed E-state index contributed by atoms with van der Waals surface area (Å²) in [4.78, 5) is 0. The second-order valence-electron chi connectivity index (χ2n) is 4.85. The van der Waals surface area contributed by atoms with E-state index in [2.05, 4.69) is 19.2 Å². The van der Waals surface area contributed by atoms with E-state index in [0.29, 0.717) is 0 Å². The minimum Gasteiger partial charge on any atom is -0.457 e. The van der Waals surface area contributed by atoms with E-state index in [0.717, 1.165) is 41.6 Å². The number of hydrogen-bond acceptors (Lipinski definition) is 2. The second-order valence-corrected chi connectivity index (χ2v) is 5.25. The van der Waals surface area contributed by atoms with Gasteiger partial charge in [0.05, 0.1) is 0 Å². The van der Waals surface area contributed by atoms with Crippen molar-refractivity contribution in [2.45, 2.75) is 26.8 Å². The van der Waals surface area contributed by atoms with Crippen LogP contribution in [-0.2, 0) is 6.54 Å². The van der Waals surface area contributed by atoms with E-state index in [1.54, 1.807) is 0 Å². The average Bonchev–Trinajstić information content (AvgIpc) is 2.44. The fourth-order valence-corrected chi connectivity index (χ4v) is 2.11. The molecular formula is C17H20ClNO. The molecule has 0 heterocycles. The number of benzene rings is 2. The molecule has 0 bridgehead atoms. The lowest BCUT2D eigenvalue weighted by molar-refractivity contribution is 0.482. The molecule has 1 N–H and O–H groups in total. The van der Waals surface area contributed by atoms with Crippen LogP contribution in [0.4, 0.5) is 0 Å². The minimum absolute atomic E-state index is 0.734. The molecule has 0 saturated carbocycles. The molecule has 2 aromatic carbocycles. The number of halogens is 1. The molecule has 3 heteroatoms. The highest BCUT2D eigenvalue weighted by molar-refractivity contribution is 6.31. The minimum atomic E-state index is 0.734. The fraction of sp³-hybridized carbons (Fsp3) is 0.294. The summed E-state index contributed by atoms with van der Waals surface area (Å²) < 4.78 is 5.79. The van der Waals surface area contributed by atoms with Gasteiger partial charge >= 0.3 is 0 Å². The molecule has 0 aliphatic rings. The molecule has 0 atom stereocenters. The Morgan fingerprint density at radius 2 is 1.75 bits per heavy atom. The molecule has 0 aliphatic carbocycles. The molecule has 0 unspecified atom stereocenters. The first-order valence-electron chi connectivity index (χ1n) is 6.92. The van der Waals surface area contributed by atoms with Gasteiger partial charge in [-0.1, -0.05) is 42.3 Å². The molecule has 0 radical (unpaired) electrons. The van der Waals surface area contributed by atoms with Crippen LogP contribution in [0.25, 0.3) is 0 Å². The number of aryl methyl sites for hydroxylation is 1. The maximum Gasteiger partial charge on any atom is 0.128 e. The highest BCUT2D eigenvalue weighted by atomic mass is 35.5. The van der Waals surface area contributed by atoms with E-state index < -0.39 is 0 Å². The average molecular weight is 290 g/mol. The van der Waals surface area contributed by atoms with Crippen molar-refractivity contribution >= 4 is 11.6 Å². The van der Waals surface area contributed by atoms with E-state index in [9.17, 15) is 0 Å². The SMILES string of the molecule is CCCNCc1ccc(Oc2ccc(C)cc2)cc1Cl. The molecule has 2 nitrogen and oxygen atoms in total. The van der Waals surface area contributed by atoms with Crippen molar-refractivity contribution in [1.82, 2.24) is 5.32 Å². The molecule has 0 fully saturated rings. The van der Waals surface area contributed by atoms with Crippen molar-refractivity contribution in [3.05, 3.63) is 58.6 Å². The lowest BCUT2D eigenvalue weighted by Crippen LogP contribution is -2.13. The molecule has 0 saturated heterocycles. The van der Waals surface area contributed by atoms with Crippen LogP contribution >= 0.6 is 11.6 Å². The molecule has 106 valence electrons. The Morgan fingerprint density at radius 3 is 2.40 bits per heavy atom. The smallest absolute Gasteiger partial charge is 0.128 e. The molecule has 2 aromatic rings. The topological polar surface area (TPSA) is 21.3 Å². The first kappa shape index (κ1) is 14.9. The maximum atomic E-state index is 6.28. The molecule has 20 heavy (non-hydrogen) atoms. The van der Waals surface area contributed by atoms with E-state index in [4.69, 9.17) is 16.3 Å². The van der Waals surface area contributed by atoms with Gasteiger partial charge in [-0.2, -0.15) is 0 Å². The summed E-state index contributed by atoms with van der Waals surface area (Å²) in [5.74, 6) is 1.58. The summed E-state index contributed by atoms with van der Waals surface area (Å²) in [6.45, 7) is 5.99. The zero-order valence-electron chi connectivity index (χ0n) is 11.9. The largest absolute Gasteiger partial charge is 0.457 e. The fourth-order valence-electron chi connectivity index (χ4n) is 1.88. The Labute approximate surface area is 125 Å². The van der Waals surface area contributed by atoms with Gasteiger partial charge in [-0.25, -0.2) is 0 Å². The number of nitrogens with one attached hydrogen (secondary N) is 1. The highest BCUT2D eigenvalue weighted by Crippen LogP contribution is 2.27. The first-order chi connectivity index (χ1) is 9.69. The summed E-state index contributed by atoms with van der Waals surface area (Å²) in [6, 6.07) is 13.8. The van der Waals surface area contributed by atoms with E-state index in [1.807, 2.05) is 42.5 Å². The quantitative estimate of drug-likeness (QED) is 0.761. The van der Waals surface area contributed by atoms with Crippen molar-refractivity contribution in [1.29, 1.82) is 0 Å². The highest BCUT2D eigenvalue weighted by Gasteiger charge is 2.03. The molecule has 2 rings (SSSR count). The van der Waals surface area contributed by atoms with Crippen molar-refractivity contribution < 1.29 is 4.74 Å². The van der Waals surface area contributed by atoms with Crippen LogP contribution in [0.15, 0.2) is 42.5 Å². The van der Waals surface area contributed by atoms with Crippen LogP contribution in [0.2, 0.25) is 5.02 Å². The molecule has 0 spiro atoms. The monoisotopic (exact) mass is 289 g/mol. The Hall–Kier alpha value is -1.51. The zero-order valence-corrected chi connectivity index (χ0v) is 12.7. The molecule has 0 amide bonds. The van der Waals surface area contributed by atoms with Gasteiger partial charge in [0, 0.05) is 11.6 Å². The van der Waals surface area contributed by atoms with Crippen LogP contribution in [0.3, 0.4) is 0 Å². The molecular weight excluding hydrogens is 270 g/mol. The van der Waals surface area contributed by atoms with Crippen molar-refractivity contribution in [3.8, 4) is 11.5 Å². The van der Waals surface area contributed by atoms with Gasteiger partial charge < -0.3 is 10.1 Å². The Morgan fingerprint density at radius 1 is 1.05 bits per heavy atom. The lowest BCUT2D eigenvalue weighted by Gasteiger charge is -2.10. The predicted octanol–water partition coefficient (Wildman–Crippen LogP) is 4.94.